The van der Waals surface area contributed by atoms with E-state index in [9.17, 15) is 8.42 Å². The van der Waals surface area contributed by atoms with Crippen LogP contribution in [0.3, 0.4) is 0 Å². The van der Waals surface area contributed by atoms with E-state index in [4.69, 9.17) is 0 Å². The number of hydrogen-bond donors (Lipinski definition) is 1. The largest absolute Gasteiger partial charge is 0.310 e. The fourth-order valence-electron chi connectivity index (χ4n) is 2.14. The number of nitrogens with zero attached hydrogens (tertiary/aromatic N) is 1. The second-order valence-electron chi connectivity index (χ2n) is 5.47. The van der Waals surface area contributed by atoms with Crippen LogP contribution in [0.25, 0.3) is 0 Å². The number of thiophene rings is 1. The van der Waals surface area contributed by atoms with Gasteiger partial charge in [0.25, 0.3) is 10.0 Å². The summed E-state index contributed by atoms with van der Waals surface area (Å²) in [7, 11) is -1.67. The molecule has 1 aromatic heterocycles. The molecule has 1 atom stereocenters. The lowest BCUT2D eigenvalue weighted by molar-refractivity contribution is 0.386. The molecule has 1 heterocycles. The Labute approximate surface area is 136 Å². The molecule has 7 heteroatoms. The molecule has 1 fully saturated rings. The summed E-state index contributed by atoms with van der Waals surface area (Å²) < 4.78 is 27.3. The van der Waals surface area contributed by atoms with Gasteiger partial charge in [-0.05, 0) is 42.5 Å². The fraction of sp³-hybridized carbons (Fsp3) is 0.714. The average Bonchev–Trinajstić information content (AvgIpc) is 3.17. The quantitative estimate of drug-likeness (QED) is 0.745. The summed E-state index contributed by atoms with van der Waals surface area (Å²) in [6, 6.07) is 2.51. The normalized spacial score (nSPS) is 17.3. The summed E-state index contributed by atoms with van der Waals surface area (Å²) in [5.74, 6) is 0.827. The van der Waals surface area contributed by atoms with Gasteiger partial charge in [0.1, 0.15) is 4.21 Å². The Kier molecular flexibility index (Phi) is 6.14. The highest BCUT2D eigenvalue weighted by Crippen LogP contribution is 2.26. The van der Waals surface area contributed by atoms with Gasteiger partial charge in [0.05, 0.1) is 0 Å². The molecule has 1 aliphatic carbocycles. The van der Waals surface area contributed by atoms with Gasteiger partial charge in [-0.2, -0.15) is 16.1 Å². The maximum absolute atomic E-state index is 12.7. The van der Waals surface area contributed by atoms with Crippen LogP contribution < -0.4 is 5.32 Å². The van der Waals surface area contributed by atoms with Crippen LogP contribution in [0, 0.1) is 0 Å². The molecule has 1 unspecified atom stereocenters. The van der Waals surface area contributed by atoms with Crippen molar-refractivity contribution >= 4 is 33.1 Å². The van der Waals surface area contributed by atoms with E-state index in [-0.39, 0.29) is 6.04 Å². The van der Waals surface area contributed by atoms with Crippen molar-refractivity contribution in [2.45, 2.75) is 49.0 Å². The molecule has 0 spiro atoms. The number of rotatable bonds is 9. The van der Waals surface area contributed by atoms with Crippen molar-refractivity contribution in [3.63, 3.8) is 0 Å². The zero-order valence-electron chi connectivity index (χ0n) is 12.8. The zero-order chi connectivity index (χ0) is 15.5. The zero-order valence-corrected chi connectivity index (χ0v) is 15.3. The van der Waals surface area contributed by atoms with E-state index >= 15 is 0 Å². The Morgan fingerprint density at radius 3 is 2.81 bits per heavy atom. The van der Waals surface area contributed by atoms with Gasteiger partial charge in [-0.25, -0.2) is 8.42 Å². The van der Waals surface area contributed by atoms with Gasteiger partial charge in [-0.15, -0.1) is 11.3 Å². The minimum atomic E-state index is -3.36. The fourth-order valence-corrected chi connectivity index (χ4v) is 5.90. The van der Waals surface area contributed by atoms with Crippen molar-refractivity contribution < 1.29 is 8.42 Å². The molecule has 1 N–H and O–H groups in total. The SMILES string of the molecule is CCC(CSC)N(C)S(=O)(=O)c1cc(CNC2CC2)cs1. The molecule has 1 aromatic rings. The maximum atomic E-state index is 12.7. The van der Waals surface area contributed by atoms with Crippen LogP contribution in [0.5, 0.6) is 0 Å². The van der Waals surface area contributed by atoms with Crippen LogP contribution in [0.2, 0.25) is 0 Å². The molecular weight excluding hydrogens is 324 g/mol. The van der Waals surface area contributed by atoms with E-state index in [0.29, 0.717) is 10.3 Å². The first kappa shape index (κ1) is 17.3. The molecule has 21 heavy (non-hydrogen) atoms. The first-order valence-electron chi connectivity index (χ1n) is 7.26. The molecule has 120 valence electrons. The molecule has 1 saturated carbocycles. The Balaban J connectivity index is 2.06. The van der Waals surface area contributed by atoms with Crippen molar-refractivity contribution in [1.29, 1.82) is 0 Å². The van der Waals surface area contributed by atoms with Crippen LogP contribution in [0.15, 0.2) is 15.7 Å². The molecule has 2 rings (SSSR count). The summed E-state index contributed by atoms with van der Waals surface area (Å²) in [5.41, 5.74) is 1.07. The van der Waals surface area contributed by atoms with E-state index in [2.05, 4.69) is 5.32 Å². The Hall–Kier alpha value is -0.0800. The Morgan fingerprint density at radius 2 is 2.24 bits per heavy atom. The topological polar surface area (TPSA) is 49.4 Å². The Morgan fingerprint density at radius 1 is 1.52 bits per heavy atom. The standard InChI is InChI=1S/C14H24N2O2S3/c1-4-13(10-19-3)16(2)21(17,18)14-7-11(9-20-14)8-15-12-5-6-12/h7,9,12-13,15H,4-6,8,10H2,1-3H3. The van der Waals surface area contributed by atoms with E-state index in [1.54, 1.807) is 18.8 Å². The van der Waals surface area contributed by atoms with Gasteiger partial charge in [-0.3, -0.25) is 0 Å². The summed E-state index contributed by atoms with van der Waals surface area (Å²) in [5, 5.41) is 5.37. The second-order valence-corrected chi connectivity index (χ2v) is 9.51. The predicted molar refractivity (Wildman–Crippen MR) is 91.6 cm³/mol. The van der Waals surface area contributed by atoms with E-state index in [1.165, 1.54) is 28.5 Å². The summed E-state index contributed by atoms with van der Waals surface area (Å²) in [6.07, 6.45) is 5.32. The van der Waals surface area contributed by atoms with Crippen LogP contribution in [-0.2, 0) is 16.6 Å². The maximum Gasteiger partial charge on any atom is 0.252 e. The van der Waals surface area contributed by atoms with Gasteiger partial charge in [0.2, 0.25) is 0 Å². The van der Waals surface area contributed by atoms with Gasteiger partial charge in [0, 0.05) is 31.4 Å². The lowest BCUT2D eigenvalue weighted by Crippen LogP contribution is -2.37. The first-order valence-corrected chi connectivity index (χ1v) is 11.0. The Bertz CT molecular complexity index is 552. The van der Waals surface area contributed by atoms with E-state index < -0.39 is 10.0 Å². The monoisotopic (exact) mass is 348 g/mol. The molecule has 1 aliphatic rings. The highest BCUT2D eigenvalue weighted by Gasteiger charge is 2.28. The first-order chi connectivity index (χ1) is 9.98. The minimum Gasteiger partial charge on any atom is -0.310 e. The number of sulfonamides is 1. The van der Waals surface area contributed by atoms with Crippen molar-refractivity contribution in [2.75, 3.05) is 19.1 Å². The van der Waals surface area contributed by atoms with Crippen LogP contribution in [0.4, 0.5) is 0 Å². The summed E-state index contributed by atoms with van der Waals surface area (Å²) >= 11 is 3.01. The number of thioether (sulfide) groups is 1. The van der Waals surface area contributed by atoms with Gasteiger partial charge in [-0.1, -0.05) is 6.92 Å². The van der Waals surface area contributed by atoms with Crippen molar-refractivity contribution in [3.05, 3.63) is 17.0 Å². The van der Waals surface area contributed by atoms with E-state index in [0.717, 1.165) is 24.3 Å². The van der Waals surface area contributed by atoms with E-state index in [1.807, 2.05) is 24.6 Å². The highest BCUT2D eigenvalue weighted by molar-refractivity contribution is 7.98. The molecule has 0 amide bonds. The number of nitrogens with one attached hydrogen (secondary N) is 1. The smallest absolute Gasteiger partial charge is 0.252 e. The van der Waals surface area contributed by atoms with Crippen molar-refractivity contribution in [2.24, 2.45) is 0 Å². The minimum absolute atomic E-state index is 0.0557. The van der Waals surface area contributed by atoms with Gasteiger partial charge < -0.3 is 5.32 Å². The third-order valence-corrected chi connectivity index (χ3v) is 7.87. The highest BCUT2D eigenvalue weighted by atomic mass is 32.2. The molecule has 0 aromatic carbocycles. The van der Waals surface area contributed by atoms with Crippen LogP contribution in [0.1, 0.15) is 31.7 Å². The molecule has 4 nitrogen and oxygen atoms in total. The lowest BCUT2D eigenvalue weighted by Gasteiger charge is -2.25. The summed E-state index contributed by atoms with van der Waals surface area (Å²) in [6.45, 7) is 2.80. The van der Waals surface area contributed by atoms with Crippen LogP contribution in [-0.4, -0.2) is 43.9 Å². The molecule has 0 saturated heterocycles. The van der Waals surface area contributed by atoms with Crippen LogP contribution >= 0.6 is 23.1 Å². The van der Waals surface area contributed by atoms with Crippen molar-refractivity contribution in [3.8, 4) is 0 Å². The second kappa shape index (κ2) is 7.46. The van der Waals surface area contributed by atoms with Gasteiger partial charge >= 0.3 is 0 Å². The predicted octanol–water partition coefficient (Wildman–Crippen LogP) is 2.76. The molecular formula is C14H24N2O2S3. The third-order valence-electron chi connectivity index (χ3n) is 3.78. The average molecular weight is 349 g/mol. The lowest BCUT2D eigenvalue weighted by atomic mass is 10.3. The molecule has 0 bridgehead atoms. The molecule has 0 aliphatic heterocycles. The van der Waals surface area contributed by atoms with Crippen molar-refractivity contribution in [1.82, 2.24) is 9.62 Å². The summed E-state index contributed by atoms with van der Waals surface area (Å²) in [4.78, 5) is 0. The van der Waals surface area contributed by atoms with Gasteiger partial charge in [0.15, 0.2) is 0 Å². The molecule has 0 radical (unpaired) electrons. The third kappa shape index (κ3) is 4.45. The number of hydrogen-bond acceptors (Lipinski definition) is 5.